The highest BCUT2D eigenvalue weighted by molar-refractivity contribution is 5.35. The molecule has 2 aromatic rings. The average Bonchev–Trinajstić information content (AvgIpc) is 2.22. The van der Waals surface area contributed by atoms with E-state index in [2.05, 4.69) is 5.10 Å². The predicted molar refractivity (Wildman–Crippen MR) is 32.0 cm³/mol. The standard InChI is InChI=1S/C6H7N3/c1-8-5-9-4-2-3-6(9)7-8/h2-5H,1H3. The zero-order chi connectivity index (χ0) is 6.27. The summed E-state index contributed by atoms with van der Waals surface area (Å²) in [5.74, 6) is 0. The van der Waals surface area contributed by atoms with Gasteiger partial charge in [-0.1, -0.05) is 12.1 Å². The number of aryl methyl sites for hydroxylation is 1. The van der Waals surface area contributed by atoms with Crippen LogP contribution in [0, 0.1) is 0 Å². The molecule has 0 spiro atoms. The number of rotatable bonds is 0. The topological polar surface area (TPSA) is 21.2 Å². The van der Waals surface area contributed by atoms with Crippen molar-refractivity contribution in [3.63, 3.8) is 0 Å². The zero-order valence-electron chi connectivity index (χ0n) is 5.15. The maximum atomic E-state index is 4.15. The molecule has 0 amide bonds. The molecule has 0 saturated heterocycles. The molecule has 0 aliphatic heterocycles. The van der Waals surface area contributed by atoms with Gasteiger partial charge in [-0.3, -0.25) is 0 Å². The summed E-state index contributed by atoms with van der Waals surface area (Å²) in [7, 11) is 1.91. The van der Waals surface area contributed by atoms with Crippen LogP contribution in [0.5, 0.6) is 0 Å². The molecular weight excluding hydrogens is 114 g/mol. The second-order valence-corrected chi connectivity index (χ2v) is 2.06. The zero-order valence-corrected chi connectivity index (χ0v) is 5.15. The summed E-state index contributed by atoms with van der Waals surface area (Å²) in [6.45, 7) is 0. The van der Waals surface area contributed by atoms with Crippen molar-refractivity contribution in [2.24, 2.45) is 7.05 Å². The van der Waals surface area contributed by atoms with Gasteiger partial charge in [-0.25, -0.2) is 4.68 Å². The van der Waals surface area contributed by atoms with Crippen molar-refractivity contribution < 1.29 is 4.68 Å². The highest BCUT2D eigenvalue weighted by Gasteiger charge is 1.92. The molecule has 0 unspecified atom stereocenters. The number of aromatic nitrogens is 3. The fourth-order valence-corrected chi connectivity index (χ4v) is 0.934. The van der Waals surface area contributed by atoms with E-state index in [0.717, 1.165) is 5.65 Å². The molecule has 0 radical (unpaired) electrons. The summed E-state index contributed by atoms with van der Waals surface area (Å²) in [6.07, 6.45) is 3.90. The first kappa shape index (κ1) is 4.61. The van der Waals surface area contributed by atoms with Crippen LogP contribution in [0.25, 0.3) is 5.65 Å². The van der Waals surface area contributed by atoms with E-state index in [-0.39, 0.29) is 0 Å². The quantitative estimate of drug-likeness (QED) is 0.351. The molecule has 0 saturated carbocycles. The van der Waals surface area contributed by atoms with Gasteiger partial charge in [0.2, 0.25) is 0 Å². The van der Waals surface area contributed by atoms with Crippen LogP contribution in [0.4, 0.5) is 0 Å². The number of fused-ring (bicyclic) bond motifs is 1. The van der Waals surface area contributed by atoms with Crippen molar-refractivity contribution in [1.29, 1.82) is 0 Å². The van der Waals surface area contributed by atoms with Gasteiger partial charge in [-0.15, -0.1) is 5.10 Å². The van der Waals surface area contributed by atoms with Crippen molar-refractivity contribution in [2.45, 2.75) is 0 Å². The minimum atomic E-state index is 0.998. The van der Waals surface area contributed by atoms with Crippen LogP contribution < -0.4 is 4.68 Å². The Morgan fingerprint density at radius 3 is 3.44 bits per heavy atom. The lowest BCUT2D eigenvalue weighted by Crippen LogP contribution is -2.28. The van der Waals surface area contributed by atoms with E-state index in [1.165, 1.54) is 0 Å². The van der Waals surface area contributed by atoms with E-state index < -0.39 is 0 Å². The van der Waals surface area contributed by atoms with E-state index in [0.29, 0.717) is 0 Å². The van der Waals surface area contributed by atoms with Crippen molar-refractivity contribution in [2.75, 3.05) is 0 Å². The van der Waals surface area contributed by atoms with Crippen molar-refractivity contribution in [3.8, 4) is 0 Å². The van der Waals surface area contributed by atoms with Crippen molar-refractivity contribution in [3.05, 3.63) is 24.7 Å². The molecule has 2 aromatic heterocycles. The Bertz CT molecular complexity index is 289. The van der Waals surface area contributed by atoms with Crippen LogP contribution in [0.15, 0.2) is 24.7 Å². The third kappa shape index (κ3) is 0.543. The maximum Gasteiger partial charge on any atom is 0.164 e. The molecule has 3 nitrogen and oxygen atoms in total. The summed E-state index contributed by atoms with van der Waals surface area (Å²) in [5.41, 5.74) is 0.998. The van der Waals surface area contributed by atoms with Crippen molar-refractivity contribution in [1.82, 2.24) is 9.50 Å². The van der Waals surface area contributed by atoms with E-state index >= 15 is 0 Å². The molecular formula is C6H7N3. The van der Waals surface area contributed by atoms with Crippen LogP contribution in [-0.4, -0.2) is 9.50 Å². The first-order valence-corrected chi connectivity index (χ1v) is 2.82. The molecule has 0 N–H and O–H groups in total. The smallest absolute Gasteiger partial charge is 0.164 e. The van der Waals surface area contributed by atoms with Gasteiger partial charge in [-0.2, -0.15) is 0 Å². The number of nitrogens with zero attached hydrogens (tertiary/aromatic N) is 3. The molecule has 9 heavy (non-hydrogen) atoms. The van der Waals surface area contributed by atoms with Crippen molar-refractivity contribution >= 4 is 5.65 Å². The van der Waals surface area contributed by atoms with Crippen LogP contribution in [0.3, 0.4) is 0 Å². The van der Waals surface area contributed by atoms with Gasteiger partial charge in [0.15, 0.2) is 12.0 Å². The van der Waals surface area contributed by atoms with Gasteiger partial charge in [0, 0.05) is 0 Å². The van der Waals surface area contributed by atoms with Gasteiger partial charge in [0.05, 0.1) is 7.05 Å². The van der Waals surface area contributed by atoms with Gasteiger partial charge in [-0.05, 0) is 6.20 Å². The fourth-order valence-electron chi connectivity index (χ4n) is 0.934. The Balaban J connectivity index is 2.92. The largest absolute Gasteiger partial charge is 0.345 e. The van der Waals surface area contributed by atoms with Gasteiger partial charge in [0.25, 0.3) is 0 Å². The molecule has 0 bridgehead atoms. The first-order valence-electron chi connectivity index (χ1n) is 2.82. The summed E-state index contributed by atoms with van der Waals surface area (Å²) in [6, 6.07) is 3.95. The Kier molecular flexibility index (Phi) is 0.704. The predicted octanol–water partition coefficient (Wildman–Crippen LogP) is -0.122. The fraction of sp³-hybridized carbons (Fsp3) is 0.167. The van der Waals surface area contributed by atoms with Crippen LogP contribution >= 0.6 is 0 Å². The monoisotopic (exact) mass is 121 g/mol. The van der Waals surface area contributed by atoms with E-state index in [1.54, 1.807) is 4.68 Å². The van der Waals surface area contributed by atoms with Crippen LogP contribution in [-0.2, 0) is 7.05 Å². The molecule has 0 fully saturated rings. The SMILES string of the molecule is C[n+]1[cH-]n2cccc2n1. The minimum Gasteiger partial charge on any atom is -0.345 e. The second-order valence-electron chi connectivity index (χ2n) is 2.06. The highest BCUT2D eigenvalue weighted by atomic mass is 15.3. The van der Waals surface area contributed by atoms with E-state index in [4.69, 9.17) is 0 Å². The Hall–Kier alpha value is -1.25. The normalized spacial score (nSPS) is 10.8. The van der Waals surface area contributed by atoms with Crippen LogP contribution in [0.2, 0.25) is 0 Å². The molecule has 0 aromatic carbocycles. The first-order chi connectivity index (χ1) is 4.36. The lowest BCUT2D eigenvalue weighted by atomic mass is 10.7. The van der Waals surface area contributed by atoms with Crippen LogP contribution in [0.1, 0.15) is 0 Å². The number of hydrogen-bond donors (Lipinski definition) is 0. The third-order valence-electron chi connectivity index (χ3n) is 1.31. The molecule has 0 aliphatic carbocycles. The summed E-state index contributed by atoms with van der Waals surface area (Å²) in [4.78, 5) is 0. The number of hydrogen-bond acceptors (Lipinski definition) is 1. The summed E-state index contributed by atoms with van der Waals surface area (Å²) >= 11 is 0. The Morgan fingerprint density at radius 2 is 2.67 bits per heavy atom. The maximum absolute atomic E-state index is 4.15. The van der Waals surface area contributed by atoms with E-state index in [9.17, 15) is 0 Å². The second kappa shape index (κ2) is 1.37. The highest BCUT2D eigenvalue weighted by Crippen LogP contribution is 1.94. The average molecular weight is 121 g/mol. The summed E-state index contributed by atoms with van der Waals surface area (Å²) in [5, 5.41) is 4.15. The summed E-state index contributed by atoms with van der Waals surface area (Å²) < 4.78 is 3.76. The third-order valence-corrected chi connectivity index (χ3v) is 1.31. The minimum absolute atomic E-state index is 0.998. The van der Waals surface area contributed by atoms with E-state index in [1.807, 2.05) is 36.1 Å². The lowest BCUT2D eigenvalue weighted by Gasteiger charge is -1.75. The molecule has 2 rings (SSSR count). The molecule has 2 heterocycles. The van der Waals surface area contributed by atoms with Gasteiger partial charge >= 0.3 is 0 Å². The molecule has 46 valence electrons. The van der Waals surface area contributed by atoms with Gasteiger partial charge < -0.3 is 4.40 Å². The molecule has 0 atom stereocenters. The molecule has 3 heteroatoms. The van der Waals surface area contributed by atoms with Gasteiger partial charge in [0.1, 0.15) is 0 Å². The molecule has 0 aliphatic rings. The Morgan fingerprint density at radius 1 is 1.78 bits per heavy atom. The Labute approximate surface area is 52.5 Å². The lowest BCUT2D eigenvalue weighted by molar-refractivity contribution is -0.727.